The zero-order valence-electron chi connectivity index (χ0n) is 20.2. The van der Waals surface area contributed by atoms with E-state index in [9.17, 15) is 9.90 Å². The predicted octanol–water partition coefficient (Wildman–Crippen LogP) is 3.30. The van der Waals surface area contributed by atoms with Crippen molar-refractivity contribution in [3.05, 3.63) is 61.1 Å². The minimum atomic E-state index is -0.973. The maximum atomic E-state index is 15.1. The highest BCUT2D eigenvalue weighted by Crippen LogP contribution is 2.36. The number of pyridine rings is 2. The van der Waals surface area contributed by atoms with Crippen LogP contribution in [0.5, 0.6) is 17.2 Å². The average Bonchev–Trinajstić information content (AvgIpc) is 3.36. The van der Waals surface area contributed by atoms with E-state index in [1.165, 1.54) is 23.6 Å². The summed E-state index contributed by atoms with van der Waals surface area (Å²) in [5.41, 5.74) is 1.72. The summed E-state index contributed by atoms with van der Waals surface area (Å²) in [5.74, 6) is 1.66. The summed E-state index contributed by atoms with van der Waals surface area (Å²) in [7, 11) is 0. The van der Waals surface area contributed by atoms with Gasteiger partial charge in [-0.2, -0.15) is 5.10 Å². The molecule has 2 N–H and O–H groups in total. The summed E-state index contributed by atoms with van der Waals surface area (Å²) in [6, 6.07) is 9.30. The van der Waals surface area contributed by atoms with Crippen molar-refractivity contribution in [1.82, 2.24) is 34.4 Å². The van der Waals surface area contributed by atoms with Crippen molar-refractivity contribution in [2.45, 2.75) is 6.04 Å². The van der Waals surface area contributed by atoms with Crippen LogP contribution in [-0.4, -0.2) is 77.9 Å². The third kappa shape index (κ3) is 4.11. The number of piperazine rings is 1. The molecule has 0 aliphatic carbocycles. The summed E-state index contributed by atoms with van der Waals surface area (Å²) in [5, 5.41) is 16.6. The molecule has 1 amide bonds. The van der Waals surface area contributed by atoms with E-state index in [1.54, 1.807) is 41.0 Å². The van der Waals surface area contributed by atoms with Gasteiger partial charge in [-0.05, 0) is 18.2 Å². The summed E-state index contributed by atoms with van der Waals surface area (Å²) in [6.45, 7) is 1.47. The lowest BCUT2D eigenvalue weighted by atomic mass is 10.2. The zero-order valence-corrected chi connectivity index (χ0v) is 20.2. The molecular formula is C25H20FN9O4. The fourth-order valence-corrected chi connectivity index (χ4v) is 4.79. The lowest BCUT2D eigenvalue weighted by Crippen LogP contribution is -2.56. The number of fused-ring (bicyclic) bond motifs is 6. The lowest BCUT2D eigenvalue weighted by Gasteiger charge is -2.37. The van der Waals surface area contributed by atoms with E-state index in [4.69, 9.17) is 14.5 Å². The number of hydrogen-bond donors (Lipinski definition) is 2. The van der Waals surface area contributed by atoms with Gasteiger partial charge in [0.2, 0.25) is 0 Å². The number of ether oxygens (including phenoxy) is 2. The highest BCUT2D eigenvalue weighted by molar-refractivity contribution is 5.90. The minimum absolute atomic E-state index is 0.179. The third-order valence-corrected chi connectivity index (χ3v) is 6.70. The minimum Gasteiger partial charge on any atom is -0.487 e. The molecule has 2 bridgehead atoms. The van der Waals surface area contributed by atoms with E-state index in [0.29, 0.717) is 65.2 Å². The molecule has 1 aromatic carbocycles. The van der Waals surface area contributed by atoms with Crippen LogP contribution >= 0.6 is 0 Å². The predicted molar refractivity (Wildman–Crippen MR) is 136 cm³/mol. The molecule has 2 aliphatic heterocycles. The van der Waals surface area contributed by atoms with Gasteiger partial charge >= 0.3 is 6.09 Å². The van der Waals surface area contributed by atoms with Crippen LogP contribution in [0.15, 0.2) is 55.2 Å². The molecule has 6 heterocycles. The molecule has 0 spiro atoms. The molecule has 5 aromatic rings. The van der Waals surface area contributed by atoms with Crippen molar-refractivity contribution >= 4 is 40.1 Å². The standard InChI is InChI=1S/C25H20FN9O4/c26-17-7-15(39-16-3-4-35-21(8-16)28-13-30-35)1-2-18(17)31-23-22-19(27-12-29-23)9-20-24(32-22)33-5-6-34(25(36)37)14(10-33)11-38-20/h1-4,7-9,12-14H,5-6,10-11H2,(H,36,37)(H,27,29,31)/t14-/m0/s1. The van der Waals surface area contributed by atoms with Gasteiger partial charge in [-0.3, -0.25) is 4.90 Å². The van der Waals surface area contributed by atoms with Gasteiger partial charge in [0.25, 0.3) is 0 Å². The second-order valence-corrected chi connectivity index (χ2v) is 9.08. The first-order valence-electron chi connectivity index (χ1n) is 12.1. The molecule has 39 heavy (non-hydrogen) atoms. The molecule has 2 aliphatic rings. The number of carbonyl (C=O) groups is 1. The number of halogens is 1. The molecule has 7 rings (SSSR count). The van der Waals surface area contributed by atoms with Crippen LogP contribution in [0, 0.1) is 5.82 Å². The monoisotopic (exact) mass is 529 g/mol. The summed E-state index contributed by atoms with van der Waals surface area (Å²) in [6.07, 6.45) is 3.52. The Morgan fingerprint density at radius 1 is 1.10 bits per heavy atom. The second-order valence-electron chi connectivity index (χ2n) is 9.08. The zero-order chi connectivity index (χ0) is 26.5. The molecule has 13 nitrogen and oxygen atoms in total. The van der Waals surface area contributed by atoms with Gasteiger partial charge in [0.1, 0.15) is 42.1 Å². The molecule has 1 atom stereocenters. The van der Waals surface area contributed by atoms with Crippen molar-refractivity contribution in [3.8, 4) is 17.2 Å². The number of anilines is 3. The molecule has 4 aromatic heterocycles. The Bertz CT molecular complexity index is 1750. The molecule has 14 heteroatoms. The Morgan fingerprint density at radius 3 is 2.87 bits per heavy atom. The number of amides is 1. The Labute approximate surface area is 219 Å². The van der Waals surface area contributed by atoms with E-state index in [2.05, 4.69) is 25.4 Å². The molecule has 0 unspecified atom stereocenters. The van der Waals surface area contributed by atoms with Crippen molar-refractivity contribution in [1.29, 1.82) is 0 Å². The molecule has 0 saturated carbocycles. The number of benzene rings is 1. The van der Waals surface area contributed by atoms with E-state index >= 15 is 4.39 Å². The van der Waals surface area contributed by atoms with Gasteiger partial charge in [0.15, 0.2) is 23.0 Å². The maximum Gasteiger partial charge on any atom is 0.407 e. The van der Waals surface area contributed by atoms with Crippen LogP contribution in [0.2, 0.25) is 0 Å². The van der Waals surface area contributed by atoms with Gasteiger partial charge in [-0.1, -0.05) is 0 Å². The number of nitrogens with one attached hydrogen (secondary N) is 1. The first-order valence-corrected chi connectivity index (χ1v) is 12.1. The van der Waals surface area contributed by atoms with E-state index in [1.807, 2.05) is 4.90 Å². The van der Waals surface area contributed by atoms with Gasteiger partial charge in [0, 0.05) is 44.0 Å². The van der Waals surface area contributed by atoms with Gasteiger partial charge < -0.3 is 24.8 Å². The third-order valence-electron chi connectivity index (χ3n) is 6.70. The van der Waals surface area contributed by atoms with Crippen LogP contribution in [0.25, 0.3) is 16.7 Å². The van der Waals surface area contributed by atoms with Crippen LogP contribution in [0.3, 0.4) is 0 Å². The Morgan fingerprint density at radius 2 is 2.00 bits per heavy atom. The fraction of sp³-hybridized carbons (Fsp3) is 0.200. The van der Waals surface area contributed by atoms with Gasteiger partial charge in [-0.25, -0.2) is 33.6 Å². The van der Waals surface area contributed by atoms with E-state index in [0.717, 1.165) is 0 Å². The summed E-state index contributed by atoms with van der Waals surface area (Å²) >= 11 is 0. The highest BCUT2D eigenvalue weighted by Gasteiger charge is 2.35. The topological polar surface area (TPSA) is 143 Å². The molecular weight excluding hydrogens is 509 g/mol. The highest BCUT2D eigenvalue weighted by atomic mass is 19.1. The normalized spacial score (nSPS) is 16.5. The fourth-order valence-electron chi connectivity index (χ4n) is 4.79. The number of nitrogens with zero attached hydrogens (tertiary/aromatic N) is 8. The van der Waals surface area contributed by atoms with E-state index < -0.39 is 11.9 Å². The van der Waals surface area contributed by atoms with Crippen LogP contribution in [0.1, 0.15) is 0 Å². The van der Waals surface area contributed by atoms with Crippen molar-refractivity contribution < 1.29 is 23.8 Å². The molecule has 0 radical (unpaired) electrons. The van der Waals surface area contributed by atoms with Crippen molar-refractivity contribution in [2.24, 2.45) is 0 Å². The number of hydrogen-bond acceptors (Lipinski definition) is 10. The summed E-state index contributed by atoms with van der Waals surface area (Å²) < 4.78 is 28.5. The van der Waals surface area contributed by atoms with Crippen LogP contribution < -0.4 is 19.7 Å². The average molecular weight is 529 g/mol. The Hall–Kier alpha value is -5.27. The quantitative estimate of drug-likeness (QED) is 0.354. The van der Waals surface area contributed by atoms with Gasteiger partial charge in [0.05, 0.1) is 17.2 Å². The first-order chi connectivity index (χ1) is 19.0. The van der Waals surface area contributed by atoms with Gasteiger partial charge in [-0.15, -0.1) is 0 Å². The largest absolute Gasteiger partial charge is 0.487 e. The van der Waals surface area contributed by atoms with Crippen LogP contribution in [-0.2, 0) is 0 Å². The molecule has 1 saturated heterocycles. The van der Waals surface area contributed by atoms with E-state index in [-0.39, 0.29) is 18.3 Å². The first kappa shape index (κ1) is 22.9. The van der Waals surface area contributed by atoms with Crippen molar-refractivity contribution in [2.75, 3.05) is 36.5 Å². The SMILES string of the molecule is O=C(O)N1CCN2C[C@H]1COc1cc3ncnc(Nc4ccc(Oc5ccn6ncnc6c5)cc4F)c3nc12. The number of carboxylic acid groups (broad SMARTS) is 1. The van der Waals surface area contributed by atoms with Crippen LogP contribution in [0.4, 0.5) is 26.5 Å². The maximum absolute atomic E-state index is 15.1. The number of aromatic nitrogens is 6. The Kier molecular flexibility index (Phi) is 5.24. The Balaban J connectivity index is 1.16. The smallest absolute Gasteiger partial charge is 0.407 e. The van der Waals surface area contributed by atoms with Crippen molar-refractivity contribution in [3.63, 3.8) is 0 Å². The molecule has 196 valence electrons. The summed E-state index contributed by atoms with van der Waals surface area (Å²) in [4.78, 5) is 32.5. The lowest BCUT2D eigenvalue weighted by molar-refractivity contribution is 0.101. The molecule has 1 fully saturated rings. The second kappa shape index (κ2) is 8.93. The number of rotatable bonds is 4.